The summed E-state index contributed by atoms with van der Waals surface area (Å²) in [4.78, 5) is 2.42. The number of likely N-dealkylation sites (tertiary alicyclic amines) is 1. The molecule has 2 rings (SSSR count). The molecule has 1 saturated heterocycles. The topological polar surface area (TPSA) is 29.3 Å². The van der Waals surface area contributed by atoms with Crippen LogP contribution in [0.5, 0.6) is 0 Å². The normalized spacial score (nSPS) is 26.1. The van der Waals surface area contributed by atoms with Crippen molar-refractivity contribution in [2.75, 3.05) is 13.1 Å². The van der Waals surface area contributed by atoms with Gasteiger partial charge in [-0.2, -0.15) is 0 Å². The fourth-order valence-corrected chi connectivity index (χ4v) is 2.55. The van der Waals surface area contributed by atoms with Gasteiger partial charge in [-0.1, -0.05) is 25.5 Å². The molecule has 2 unspecified atom stereocenters. The highest BCUT2D eigenvalue weighted by atomic mass is 19.1. The van der Waals surface area contributed by atoms with E-state index in [-0.39, 0.29) is 5.82 Å². The van der Waals surface area contributed by atoms with Crippen LogP contribution in [0.2, 0.25) is 0 Å². The molecule has 1 aromatic rings. The number of benzene rings is 1. The summed E-state index contributed by atoms with van der Waals surface area (Å²) in [6.45, 7) is 5.22. The molecule has 2 N–H and O–H groups in total. The van der Waals surface area contributed by atoms with Gasteiger partial charge in [-0.15, -0.1) is 0 Å². The lowest BCUT2D eigenvalue weighted by molar-refractivity contribution is 0.145. The molecule has 0 aliphatic carbocycles. The van der Waals surface area contributed by atoms with Crippen LogP contribution in [0.1, 0.15) is 25.3 Å². The molecule has 3 heteroatoms. The van der Waals surface area contributed by atoms with Crippen molar-refractivity contribution >= 4 is 0 Å². The van der Waals surface area contributed by atoms with Crippen LogP contribution in [0, 0.1) is 11.7 Å². The van der Waals surface area contributed by atoms with E-state index in [0.29, 0.717) is 12.0 Å². The van der Waals surface area contributed by atoms with E-state index in [2.05, 4.69) is 11.8 Å². The second-order valence-electron chi connectivity index (χ2n) is 4.98. The number of halogens is 1. The quantitative estimate of drug-likeness (QED) is 0.873. The first-order valence-electron chi connectivity index (χ1n) is 6.41. The first kappa shape index (κ1) is 12.5. The van der Waals surface area contributed by atoms with Crippen LogP contribution in [0.4, 0.5) is 4.39 Å². The first-order valence-corrected chi connectivity index (χ1v) is 6.41. The van der Waals surface area contributed by atoms with E-state index in [1.54, 1.807) is 0 Å². The van der Waals surface area contributed by atoms with Gasteiger partial charge in [0, 0.05) is 19.1 Å². The van der Waals surface area contributed by atoms with E-state index < -0.39 is 0 Å². The molecule has 1 aromatic carbocycles. The molecule has 94 valence electrons. The van der Waals surface area contributed by atoms with Crippen molar-refractivity contribution in [3.05, 3.63) is 35.6 Å². The summed E-state index contributed by atoms with van der Waals surface area (Å²) in [5.41, 5.74) is 7.27. The molecule has 0 saturated carbocycles. The van der Waals surface area contributed by atoms with Gasteiger partial charge in [0.1, 0.15) is 5.82 Å². The molecule has 1 aliphatic heterocycles. The van der Waals surface area contributed by atoms with Gasteiger partial charge in [-0.05, 0) is 36.6 Å². The van der Waals surface area contributed by atoms with Crippen LogP contribution in [-0.4, -0.2) is 24.0 Å². The highest BCUT2D eigenvalue weighted by Crippen LogP contribution is 2.20. The van der Waals surface area contributed by atoms with Crippen molar-refractivity contribution in [1.82, 2.24) is 4.90 Å². The molecule has 0 bridgehead atoms. The summed E-state index contributed by atoms with van der Waals surface area (Å²) in [5.74, 6) is 0.435. The van der Waals surface area contributed by atoms with Gasteiger partial charge in [0.15, 0.2) is 0 Å². The Morgan fingerprint density at radius 1 is 1.35 bits per heavy atom. The van der Waals surface area contributed by atoms with Gasteiger partial charge in [0.05, 0.1) is 0 Å². The predicted molar refractivity (Wildman–Crippen MR) is 68.1 cm³/mol. The van der Waals surface area contributed by atoms with E-state index in [1.807, 2.05) is 12.1 Å². The summed E-state index contributed by atoms with van der Waals surface area (Å²) in [6, 6.07) is 7.14. The van der Waals surface area contributed by atoms with Crippen molar-refractivity contribution in [3.8, 4) is 0 Å². The number of nitrogens with zero attached hydrogens (tertiary/aromatic N) is 1. The van der Waals surface area contributed by atoms with Crippen molar-refractivity contribution in [2.24, 2.45) is 11.7 Å². The van der Waals surface area contributed by atoms with Gasteiger partial charge in [0.2, 0.25) is 0 Å². The Hall–Kier alpha value is -0.930. The van der Waals surface area contributed by atoms with Gasteiger partial charge < -0.3 is 5.73 Å². The SMILES string of the molecule is CCC1CN(Cc2ccc(F)cc2)CCC1N. The summed E-state index contributed by atoms with van der Waals surface area (Å²) in [7, 11) is 0. The van der Waals surface area contributed by atoms with Crippen LogP contribution < -0.4 is 5.73 Å². The Morgan fingerprint density at radius 2 is 2.06 bits per heavy atom. The number of hydrogen-bond acceptors (Lipinski definition) is 2. The van der Waals surface area contributed by atoms with Crippen molar-refractivity contribution in [2.45, 2.75) is 32.4 Å². The molecule has 2 atom stereocenters. The second kappa shape index (κ2) is 5.61. The number of nitrogens with two attached hydrogens (primary N) is 1. The zero-order valence-electron chi connectivity index (χ0n) is 10.4. The molecule has 1 heterocycles. The Morgan fingerprint density at radius 3 is 2.71 bits per heavy atom. The van der Waals surface area contributed by atoms with Crippen molar-refractivity contribution < 1.29 is 4.39 Å². The molecule has 1 fully saturated rings. The van der Waals surface area contributed by atoms with Crippen LogP contribution in [0.15, 0.2) is 24.3 Å². The fraction of sp³-hybridized carbons (Fsp3) is 0.571. The van der Waals surface area contributed by atoms with Gasteiger partial charge in [-0.25, -0.2) is 4.39 Å². The highest BCUT2D eigenvalue weighted by molar-refractivity contribution is 5.16. The van der Waals surface area contributed by atoms with E-state index in [4.69, 9.17) is 5.73 Å². The van der Waals surface area contributed by atoms with Crippen LogP contribution >= 0.6 is 0 Å². The van der Waals surface area contributed by atoms with Gasteiger partial charge >= 0.3 is 0 Å². The predicted octanol–water partition coefficient (Wildman–Crippen LogP) is 2.38. The third-order valence-electron chi connectivity index (χ3n) is 3.72. The fourth-order valence-electron chi connectivity index (χ4n) is 2.55. The Bertz CT molecular complexity index is 350. The monoisotopic (exact) mass is 236 g/mol. The third kappa shape index (κ3) is 3.27. The summed E-state index contributed by atoms with van der Waals surface area (Å²) in [5, 5.41) is 0. The molecule has 17 heavy (non-hydrogen) atoms. The molecule has 2 nitrogen and oxygen atoms in total. The summed E-state index contributed by atoms with van der Waals surface area (Å²) in [6.07, 6.45) is 2.21. The lowest BCUT2D eigenvalue weighted by Gasteiger charge is -2.36. The average molecular weight is 236 g/mol. The number of hydrogen-bond donors (Lipinski definition) is 1. The Balaban J connectivity index is 1.93. The zero-order valence-corrected chi connectivity index (χ0v) is 10.4. The highest BCUT2D eigenvalue weighted by Gasteiger charge is 2.24. The maximum absolute atomic E-state index is 12.8. The van der Waals surface area contributed by atoms with Gasteiger partial charge in [-0.3, -0.25) is 4.90 Å². The lowest BCUT2D eigenvalue weighted by Crippen LogP contribution is -2.46. The Kier molecular flexibility index (Phi) is 4.13. The van der Waals surface area contributed by atoms with E-state index >= 15 is 0 Å². The van der Waals surface area contributed by atoms with Crippen molar-refractivity contribution in [3.63, 3.8) is 0 Å². The summed E-state index contributed by atoms with van der Waals surface area (Å²) >= 11 is 0. The van der Waals surface area contributed by atoms with Gasteiger partial charge in [0.25, 0.3) is 0 Å². The maximum Gasteiger partial charge on any atom is 0.123 e. The summed E-state index contributed by atoms with van der Waals surface area (Å²) < 4.78 is 12.8. The molecule has 0 radical (unpaired) electrons. The third-order valence-corrected chi connectivity index (χ3v) is 3.72. The molecule has 0 spiro atoms. The maximum atomic E-state index is 12.8. The lowest BCUT2D eigenvalue weighted by atomic mass is 9.90. The molecular formula is C14H21FN2. The number of rotatable bonds is 3. The molecular weight excluding hydrogens is 215 g/mol. The second-order valence-corrected chi connectivity index (χ2v) is 4.98. The van der Waals surface area contributed by atoms with Crippen LogP contribution in [0.25, 0.3) is 0 Å². The molecule has 0 aromatic heterocycles. The van der Waals surface area contributed by atoms with E-state index in [9.17, 15) is 4.39 Å². The largest absolute Gasteiger partial charge is 0.327 e. The molecule has 1 aliphatic rings. The smallest absolute Gasteiger partial charge is 0.123 e. The zero-order chi connectivity index (χ0) is 12.3. The van der Waals surface area contributed by atoms with E-state index in [0.717, 1.165) is 32.5 Å². The standard InChI is InChI=1S/C14H21FN2/c1-2-12-10-17(8-7-14(12)16)9-11-3-5-13(15)6-4-11/h3-6,12,14H,2,7-10,16H2,1H3. The minimum atomic E-state index is -0.166. The van der Waals surface area contributed by atoms with Crippen molar-refractivity contribution in [1.29, 1.82) is 0 Å². The Labute approximate surface area is 103 Å². The average Bonchev–Trinajstić information content (AvgIpc) is 2.34. The van der Waals surface area contributed by atoms with E-state index in [1.165, 1.54) is 17.7 Å². The minimum absolute atomic E-state index is 0.166. The minimum Gasteiger partial charge on any atom is -0.327 e. The van der Waals surface area contributed by atoms with Crippen LogP contribution in [-0.2, 0) is 6.54 Å². The van der Waals surface area contributed by atoms with Crippen LogP contribution in [0.3, 0.4) is 0 Å². The first-order chi connectivity index (χ1) is 8.19. The number of piperidine rings is 1. The molecule has 0 amide bonds.